The minimum atomic E-state index is -0.724. The summed E-state index contributed by atoms with van der Waals surface area (Å²) < 4.78 is 10.0. The van der Waals surface area contributed by atoms with Gasteiger partial charge in [0.1, 0.15) is 11.4 Å². The number of amides is 1. The molecule has 26 heavy (non-hydrogen) atoms. The molecule has 0 aliphatic carbocycles. The lowest BCUT2D eigenvalue weighted by Gasteiger charge is -2.10. The molecule has 1 N–H and O–H groups in total. The number of rotatable bonds is 7. The molecule has 0 saturated carbocycles. The normalized spacial score (nSPS) is 10.1. The number of aryl methyl sites for hydroxylation is 2. The summed E-state index contributed by atoms with van der Waals surface area (Å²) in [6, 6.07) is 11.6. The number of carbonyl (C=O) groups excluding carboxylic acids is 2. The molecule has 0 unspecified atom stereocenters. The zero-order valence-electron chi connectivity index (χ0n) is 14.4. The van der Waals surface area contributed by atoms with Crippen molar-refractivity contribution in [1.82, 2.24) is 0 Å². The molecule has 0 fully saturated rings. The van der Waals surface area contributed by atoms with E-state index in [2.05, 4.69) is 5.32 Å². The molecule has 8 heteroatoms. The molecule has 0 aliphatic heterocycles. The molecule has 2 aromatic rings. The Morgan fingerprint density at radius 1 is 1.08 bits per heavy atom. The Labute approximate surface area is 149 Å². The van der Waals surface area contributed by atoms with Gasteiger partial charge in [-0.15, -0.1) is 0 Å². The monoisotopic (exact) mass is 358 g/mol. The molecular formula is C18H18N2O6. The average Bonchev–Trinajstić information content (AvgIpc) is 2.61. The van der Waals surface area contributed by atoms with Gasteiger partial charge in [-0.25, -0.2) is 4.79 Å². The summed E-state index contributed by atoms with van der Waals surface area (Å²) in [5.41, 5.74) is 1.36. The van der Waals surface area contributed by atoms with Gasteiger partial charge < -0.3 is 14.8 Å². The summed E-state index contributed by atoms with van der Waals surface area (Å²) in [5, 5.41) is 13.5. The van der Waals surface area contributed by atoms with Crippen molar-refractivity contribution in [3.63, 3.8) is 0 Å². The van der Waals surface area contributed by atoms with Gasteiger partial charge in [0, 0.05) is 6.07 Å². The maximum Gasteiger partial charge on any atom is 0.344 e. The van der Waals surface area contributed by atoms with Crippen LogP contribution in [0.25, 0.3) is 0 Å². The topological polar surface area (TPSA) is 108 Å². The number of benzene rings is 2. The predicted molar refractivity (Wildman–Crippen MR) is 94.1 cm³/mol. The molecule has 1 amide bonds. The van der Waals surface area contributed by atoms with Crippen LogP contribution in [0, 0.1) is 24.0 Å². The van der Waals surface area contributed by atoms with Crippen LogP contribution in [0.4, 0.5) is 11.4 Å². The summed E-state index contributed by atoms with van der Waals surface area (Å²) in [7, 11) is 0. The van der Waals surface area contributed by atoms with Crippen LogP contribution in [0.3, 0.4) is 0 Å². The third-order valence-corrected chi connectivity index (χ3v) is 3.55. The van der Waals surface area contributed by atoms with Crippen LogP contribution in [-0.2, 0) is 14.3 Å². The van der Waals surface area contributed by atoms with Crippen molar-refractivity contribution < 1.29 is 24.0 Å². The largest absolute Gasteiger partial charge is 0.482 e. The van der Waals surface area contributed by atoms with E-state index >= 15 is 0 Å². The Kier molecular flexibility index (Phi) is 6.26. The molecule has 0 spiro atoms. The lowest BCUT2D eigenvalue weighted by atomic mass is 10.1. The first-order valence-electron chi connectivity index (χ1n) is 7.76. The first kappa shape index (κ1) is 18.9. The summed E-state index contributed by atoms with van der Waals surface area (Å²) in [4.78, 5) is 34.0. The van der Waals surface area contributed by atoms with Crippen LogP contribution in [-0.4, -0.2) is 30.0 Å². The Morgan fingerprint density at radius 2 is 1.73 bits per heavy atom. The van der Waals surface area contributed by atoms with E-state index in [0.29, 0.717) is 5.75 Å². The van der Waals surface area contributed by atoms with Crippen LogP contribution < -0.4 is 10.1 Å². The van der Waals surface area contributed by atoms with E-state index in [4.69, 9.17) is 9.47 Å². The van der Waals surface area contributed by atoms with Crippen LogP contribution in [0.2, 0.25) is 0 Å². The fourth-order valence-corrected chi connectivity index (χ4v) is 2.09. The molecular weight excluding hydrogens is 340 g/mol. The number of anilines is 1. The van der Waals surface area contributed by atoms with Crippen molar-refractivity contribution in [1.29, 1.82) is 0 Å². The zero-order valence-corrected chi connectivity index (χ0v) is 14.4. The third-order valence-electron chi connectivity index (χ3n) is 3.55. The van der Waals surface area contributed by atoms with Gasteiger partial charge in [-0.1, -0.05) is 18.2 Å². The maximum atomic E-state index is 11.9. The smallest absolute Gasteiger partial charge is 0.344 e. The van der Waals surface area contributed by atoms with E-state index in [1.807, 2.05) is 6.07 Å². The fourth-order valence-electron chi connectivity index (χ4n) is 2.09. The highest BCUT2D eigenvalue weighted by Gasteiger charge is 2.18. The first-order valence-corrected chi connectivity index (χ1v) is 7.76. The van der Waals surface area contributed by atoms with Gasteiger partial charge >= 0.3 is 5.97 Å². The molecule has 2 rings (SSSR count). The number of para-hydroxylation sites is 1. The zero-order chi connectivity index (χ0) is 19.1. The summed E-state index contributed by atoms with van der Waals surface area (Å²) in [5.74, 6) is -0.900. The second kappa shape index (κ2) is 8.61. The number of hydrogen-bond donors (Lipinski definition) is 1. The van der Waals surface area contributed by atoms with Crippen LogP contribution in [0.15, 0.2) is 42.5 Å². The van der Waals surface area contributed by atoms with Gasteiger partial charge in [-0.05, 0) is 43.2 Å². The third kappa shape index (κ3) is 5.30. The van der Waals surface area contributed by atoms with Gasteiger partial charge in [0.05, 0.1) is 4.92 Å². The van der Waals surface area contributed by atoms with E-state index in [-0.39, 0.29) is 18.0 Å². The van der Waals surface area contributed by atoms with Gasteiger partial charge in [0.15, 0.2) is 13.2 Å². The maximum absolute atomic E-state index is 11.9. The SMILES string of the molecule is Cc1cc(NC(=O)COC(=O)COc2ccccc2)c([N+](=O)[O-])cc1C. The van der Waals surface area contributed by atoms with Crippen LogP contribution in [0.5, 0.6) is 5.75 Å². The van der Waals surface area contributed by atoms with Gasteiger partial charge in [0.25, 0.3) is 11.6 Å². The number of carbonyl (C=O) groups is 2. The number of esters is 1. The lowest BCUT2D eigenvalue weighted by Crippen LogP contribution is -2.24. The molecule has 0 bridgehead atoms. The number of nitrogens with zero attached hydrogens (tertiary/aromatic N) is 1. The molecule has 0 atom stereocenters. The van der Waals surface area contributed by atoms with E-state index in [9.17, 15) is 19.7 Å². The minimum Gasteiger partial charge on any atom is -0.482 e. The number of nitro benzene ring substituents is 1. The van der Waals surface area contributed by atoms with Crippen molar-refractivity contribution in [3.05, 3.63) is 63.7 Å². The minimum absolute atomic E-state index is 0.0553. The number of nitro groups is 1. The second-order valence-electron chi connectivity index (χ2n) is 5.52. The predicted octanol–water partition coefficient (Wildman–Crippen LogP) is 2.77. The van der Waals surface area contributed by atoms with Crippen molar-refractivity contribution >= 4 is 23.3 Å². The Balaban J connectivity index is 1.88. The van der Waals surface area contributed by atoms with E-state index < -0.39 is 23.4 Å². The van der Waals surface area contributed by atoms with Crippen LogP contribution in [0.1, 0.15) is 11.1 Å². The van der Waals surface area contributed by atoms with E-state index in [1.54, 1.807) is 38.1 Å². The summed E-state index contributed by atoms with van der Waals surface area (Å²) in [6.45, 7) is 2.60. The quantitative estimate of drug-likeness (QED) is 0.463. The fraction of sp³-hybridized carbons (Fsp3) is 0.222. The van der Waals surface area contributed by atoms with E-state index in [1.165, 1.54) is 12.1 Å². The highest BCUT2D eigenvalue weighted by molar-refractivity contribution is 5.95. The highest BCUT2D eigenvalue weighted by Crippen LogP contribution is 2.27. The molecule has 8 nitrogen and oxygen atoms in total. The molecule has 136 valence electrons. The Bertz CT molecular complexity index is 820. The molecule has 0 aliphatic rings. The van der Waals surface area contributed by atoms with Crippen molar-refractivity contribution in [2.24, 2.45) is 0 Å². The van der Waals surface area contributed by atoms with Crippen molar-refractivity contribution in [3.8, 4) is 5.75 Å². The number of ether oxygens (including phenoxy) is 2. The van der Waals surface area contributed by atoms with Crippen molar-refractivity contribution in [2.75, 3.05) is 18.5 Å². The molecule has 0 heterocycles. The first-order chi connectivity index (χ1) is 12.4. The average molecular weight is 358 g/mol. The van der Waals surface area contributed by atoms with Crippen molar-refractivity contribution in [2.45, 2.75) is 13.8 Å². The van der Waals surface area contributed by atoms with Gasteiger partial charge in [-0.3, -0.25) is 14.9 Å². The highest BCUT2D eigenvalue weighted by atomic mass is 16.6. The second-order valence-corrected chi connectivity index (χ2v) is 5.52. The number of nitrogens with one attached hydrogen (secondary N) is 1. The lowest BCUT2D eigenvalue weighted by molar-refractivity contribution is -0.384. The molecule has 2 aromatic carbocycles. The van der Waals surface area contributed by atoms with E-state index in [0.717, 1.165) is 11.1 Å². The number of hydrogen-bond acceptors (Lipinski definition) is 6. The van der Waals surface area contributed by atoms with Crippen LogP contribution >= 0.6 is 0 Å². The molecule has 0 saturated heterocycles. The summed E-state index contributed by atoms with van der Waals surface area (Å²) >= 11 is 0. The molecule has 0 aromatic heterocycles. The summed E-state index contributed by atoms with van der Waals surface area (Å²) in [6.07, 6.45) is 0. The standard InChI is InChI=1S/C18H18N2O6/c1-12-8-15(16(20(23)24)9-13(12)2)19-17(21)10-26-18(22)11-25-14-6-4-3-5-7-14/h3-9H,10-11H2,1-2H3,(H,19,21). The Morgan fingerprint density at radius 3 is 2.38 bits per heavy atom. The Hall–Kier alpha value is -3.42. The van der Waals surface area contributed by atoms with Gasteiger partial charge in [0.2, 0.25) is 0 Å². The van der Waals surface area contributed by atoms with Gasteiger partial charge in [-0.2, -0.15) is 0 Å². The molecule has 0 radical (unpaired) electrons.